The fourth-order valence-corrected chi connectivity index (χ4v) is 2.61. The van der Waals surface area contributed by atoms with Crippen molar-refractivity contribution >= 4 is 22.6 Å². The Morgan fingerprint density at radius 1 is 1.15 bits per heavy atom. The highest BCUT2D eigenvalue weighted by Crippen LogP contribution is 2.29. The average molecular weight is 352 g/mol. The van der Waals surface area contributed by atoms with E-state index in [0.29, 0.717) is 36.3 Å². The first-order chi connectivity index (χ1) is 12.5. The summed E-state index contributed by atoms with van der Waals surface area (Å²) in [6.45, 7) is 5.04. The zero-order valence-electron chi connectivity index (χ0n) is 15.1. The van der Waals surface area contributed by atoms with Crippen LogP contribution in [0.4, 0.5) is 5.69 Å². The summed E-state index contributed by atoms with van der Waals surface area (Å²) < 4.78 is 11.1. The molecule has 26 heavy (non-hydrogen) atoms. The number of rotatable bonds is 7. The standard InChI is InChI=1S/C21H24N2O3/c1-14(2)8-9-25-21(24)19-10-16-11-20(17(22)12-18(16)23-19)26-13-15-6-4-3-5-7-15/h3-7,10-12,14,23H,8-9,13,22H2,1-2H3. The summed E-state index contributed by atoms with van der Waals surface area (Å²) >= 11 is 0. The van der Waals surface area contributed by atoms with E-state index in [9.17, 15) is 4.79 Å². The SMILES string of the molecule is CC(C)CCOC(=O)c1cc2cc(OCc3ccccc3)c(N)cc2[nH]1. The number of esters is 1. The van der Waals surface area contributed by atoms with E-state index < -0.39 is 0 Å². The number of ether oxygens (including phenoxy) is 2. The van der Waals surface area contributed by atoms with Gasteiger partial charge < -0.3 is 20.2 Å². The van der Waals surface area contributed by atoms with Gasteiger partial charge in [-0.25, -0.2) is 4.79 Å². The minimum absolute atomic E-state index is 0.354. The quantitative estimate of drug-likeness (QED) is 0.484. The van der Waals surface area contributed by atoms with Gasteiger partial charge in [-0.15, -0.1) is 0 Å². The van der Waals surface area contributed by atoms with E-state index in [1.165, 1.54) is 0 Å². The van der Waals surface area contributed by atoms with Crippen molar-refractivity contribution < 1.29 is 14.3 Å². The number of nitrogens with two attached hydrogens (primary N) is 1. The van der Waals surface area contributed by atoms with E-state index >= 15 is 0 Å². The molecule has 3 N–H and O–H groups in total. The Balaban J connectivity index is 1.72. The molecule has 0 bridgehead atoms. The van der Waals surface area contributed by atoms with Gasteiger partial charge in [0.05, 0.1) is 12.3 Å². The van der Waals surface area contributed by atoms with Crippen molar-refractivity contribution in [2.45, 2.75) is 26.9 Å². The predicted octanol–water partition coefficient (Wildman–Crippen LogP) is 4.53. The van der Waals surface area contributed by atoms with Crippen LogP contribution in [0.1, 0.15) is 36.3 Å². The van der Waals surface area contributed by atoms with E-state index in [1.807, 2.05) is 36.4 Å². The van der Waals surface area contributed by atoms with Gasteiger partial charge in [-0.3, -0.25) is 0 Å². The van der Waals surface area contributed by atoms with Crippen LogP contribution in [-0.2, 0) is 11.3 Å². The molecule has 3 aromatic rings. The third-order valence-electron chi connectivity index (χ3n) is 4.14. The second kappa shape index (κ2) is 7.95. The number of benzene rings is 2. The van der Waals surface area contributed by atoms with Gasteiger partial charge in [0.2, 0.25) is 0 Å². The van der Waals surface area contributed by atoms with Crippen molar-refractivity contribution in [2.24, 2.45) is 5.92 Å². The number of carbonyl (C=O) groups excluding carboxylic acids is 1. The average Bonchev–Trinajstić information content (AvgIpc) is 3.03. The minimum Gasteiger partial charge on any atom is -0.487 e. The first-order valence-electron chi connectivity index (χ1n) is 8.79. The van der Waals surface area contributed by atoms with Gasteiger partial charge in [0, 0.05) is 10.9 Å². The maximum atomic E-state index is 12.2. The van der Waals surface area contributed by atoms with E-state index in [4.69, 9.17) is 15.2 Å². The summed E-state index contributed by atoms with van der Waals surface area (Å²) in [5, 5.41) is 0.859. The van der Waals surface area contributed by atoms with E-state index in [0.717, 1.165) is 22.9 Å². The van der Waals surface area contributed by atoms with E-state index in [2.05, 4.69) is 18.8 Å². The predicted molar refractivity (Wildman–Crippen MR) is 103 cm³/mol. The van der Waals surface area contributed by atoms with Crippen molar-refractivity contribution in [3.8, 4) is 5.75 Å². The molecular weight excluding hydrogens is 328 g/mol. The number of hydrogen-bond acceptors (Lipinski definition) is 4. The van der Waals surface area contributed by atoms with Crippen molar-refractivity contribution in [1.82, 2.24) is 4.98 Å². The Morgan fingerprint density at radius 3 is 2.65 bits per heavy atom. The molecule has 5 heteroatoms. The molecule has 1 aromatic heterocycles. The van der Waals surface area contributed by atoms with Crippen molar-refractivity contribution in [3.05, 3.63) is 59.8 Å². The lowest BCUT2D eigenvalue weighted by Crippen LogP contribution is -2.08. The van der Waals surface area contributed by atoms with Gasteiger partial charge in [0.25, 0.3) is 0 Å². The van der Waals surface area contributed by atoms with Crippen LogP contribution in [0.3, 0.4) is 0 Å². The normalized spacial score (nSPS) is 11.0. The molecule has 136 valence electrons. The van der Waals surface area contributed by atoms with E-state index in [1.54, 1.807) is 12.1 Å². The van der Waals surface area contributed by atoms with Crippen LogP contribution in [0.2, 0.25) is 0 Å². The molecule has 3 rings (SSSR count). The smallest absolute Gasteiger partial charge is 0.354 e. The minimum atomic E-state index is -0.354. The van der Waals surface area contributed by atoms with Crippen LogP contribution >= 0.6 is 0 Å². The molecule has 0 aliphatic carbocycles. The number of nitrogens with one attached hydrogen (secondary N) is 1. The number of nitrogen functional groups attached to an aromatic ring is 1. The Labute approximate surface area is 153 Å². The zero-order valence-corrected chi connectivity index (χ0v) is 15.1. The second-order valence-electron chi connectivity index (χ2n) is 6.75. The third-order valence-corrected chi connectivity index (χ3v) is 4.14. The third kappa shape index (κ3) is 4.36. The number of aromatic amines is 1. The summed E-state index contributed by atoms with van der Waals surface area (Å²) in [4.78, 5) is 15.2. The highest BCUT2D eigenvalue weighted by atomic mass is 16.5. The molecule has 0 radical (unpaired) electrons. The monoisotopic (exact) mass is 352 g/mol. The number of anilines is 1. The number of fused-ring (bicyclic) bond motifs is 1. The van der Waals surface area contributed by atoms with Gasteiger partial charge in [-0.1, -0.05) is 44.2 Å². The molecule has 0 unspecified atom stereocenters. The molecule has 0 aliphatic rings. The Hall–Kier alpha value is -2.95. The maximum Gasteiger partial charge on any atom is 0.354 e. The van der Waals surface area contributed by atoms with Gasteiger partial charge in [0.15, 0.2) is 0 Å². The van der Waals surface area contributed by atoms with Crippen LogP contribution < -0.4 is 10.5 Å². The lowest BCUT2D eigenvalue weighted by molar-refractivity contribution is 0.0482. The van der Waals surface area contributed by atoms with Gasteiger partial charge in [-0.2, -0.15) is 0 Å². The highest BCUT2D eigenvalue weighted by Gasteiger charge is 2.13. The van der Waals surface area contributed by atoms with Crippen molar-refractivity contribution in [1.29, 1.82) is 0 Å². The zero-order chi connectivity index (χ0) is 18.5. The summed E-state index contributed by atoms with van der Waals surface area (Å²) in [6.07, 6.45) is 0.844. The molecule has 0 amide bonds. The first-order valence-corrected chi connectivity index (χ1v) is 8.79. The summed E-state index contributed by atoms with van der Waals surface area (Å²) in [5.41, 5.74) is 8.88. The largest absolute Gasteiger partial charge is 0.487 e. The molecule has 0 fully saturated rings. The first kappa shape index (κ1) is 17.9. The number of aromatic nitrogens is 1. The Kier molecular flexibility index (Phi) is 5.46. The van der Waals surface area contributed by atoms with Crippen LogP contribution in [0.25, 0.3) is 10.9 Å². The van der Waals surface area contributed by atoms with Gasteiger partial charge in [-0.05, 0) is 36.1 Å². The maximum absolute atomic E-state index is 12.2. The molecule has 0 saturated heterocycles. The highest BCUT2D eigenvalue weighted by molar-refractivity contribution is 5.96. The van der Waals surface area contributed by atoms with Crippen LogP contribution in [0.5, 0.6) is 5.75 Å². The van der Waals surface area contributed by atoms with Crippen LogP contribution in [-0.4, -0.2) is 17.6 Å². The fraction of sp³-hybridized carbons (Fsp3) is 0.286. The number of hydrogen-bond donors (Lipinski definition) is 2. The summed E-state index contributed by atoms with van der Waals surface area (Å²) in [5.74, 6) is 0.738. The summed E-state index contributed by atoms with van der Waals surface area (Å²) in [7, 11) is 0. The van der Waals surface area contributed by atoms with Crippen LogP contribution in [0.15, 0.2) is 48.5 Å². The Bertz CT molecular complexity index is 885. The molecule has 1 heterocycles. The van der Waals surface area contributed by atoms with Gasteiger partial charge in [0.1, 0.15) is 18.1 Å². The molecule has 0 saturated carbocycles. The van der Waals surface area contributed by atoms with Crippen LogP contribution in [0, 0.1) is 5.92 Å². The van der Waals surface area contributed by atoms with Crippen molar-refractivity contribution in [2.75, 3.05) is 12.3 Å². The molecular formula is C21H24N2O3. The van der Waals surface area contributed by atoms with E-state index in [-0.39, 0.29) is 5.97 Å². The molecule has 0 atom stereocenters. The second-order valence-corrected chi connectivity index (χ2v) is 6.75. The number of H-pyrrole nitrogens is 1. The van der Waals surface area contributed by atoms with Gasteiger partial charge >= 0.3 is 5.97 Å². The number of carbonyl (C=O) groups is 1. The fourth-order valence-electron chi connectivity index (χ4n) is 2.61. The van der Waals surface area contributed by atoms with Crippen molar-refractivity contribution in [3.63, 3.8) is 0 Å². The molecule has 0 aliphatic heterocycles. The lowest BCUT2D eigenvalue weighted by atomic mass is 10.1. The lowest BCUT2D eigenvalue weighted by Gasteiger charge is -2.09. The topological polar surface area (TPSA) is 77.3 Å². The Morgan fingerprint density at radius 2 is 1.92 bits per heavy atom. The molecule has 0 spiro atoms. The molecule has 5 nitrogen and oxygen atoms in total. The summed E-state index contributed by atoms with van der Waals surface area (Å²) in [6, 6.07) is 15.3. The molecule has 2 aromatic carbocycles.